The largest absolute Gasteiger partial charge is 0.507 e. The third-order valence-corrected chi connectivity index (χ3v) is 4.96. The van der Waals surface area contributed by atoms with E-state index in [9.17, 15) is 5.11 Å². The molecule has 0 saturated heterocycles. The Kier molecular flexibility index (Phi) is 5.29. The van der Waals surface area contributed by atoms with E-state index in [0.717, 1.165) is 52.4 Å². The molecule has 4 rings (SSSR count). The number of anilines is 1. The van der Waals surface area contributed by atoms with Gasteiger partial charge in [0, 0.05) is 30.4 Å². The van der Waals surface area contributed by atoms with Gasteiger partial charge in [0.05, 0.1) is 12.0 Å². The molecule has 3 N–H and O–H groups in total. The van der Waals surface area contributed by atoms with E-state index in [1.165, 1.54) is 5.56 Å². The van der Waals surface area contributed by atoms with Crippen LogP contribution in [0, 0.1) is 13.8 Å². The van der Waals surface area contributed by atoms with Gasteiger partial charge in [0.2, 0.25) is 0 Å². The van der Waals surface area contributed by atoms with Crippen LogP contribution in [0.4, 0.5) is 5.82 Å². The zero-order valence-corrected chi connectivity index (χ0v) is 16.6. The van der Waals surface area contributed by atoms with Crippen molar-refractivity contribution in [3.05, 3.63) is 83.9 Å². The molecule has 0 saturated carbocycles. The first kappa shape index (κ1) is 18.7. The van der Waals surface area contributed by atoms with Crippen LogP contribution < -0.4 is 5.32 Å². The molecule has 0 radical (unpaired) electrons. The fraction of sp³-hybridized carbons (Fsp3) is 0.167. The third-order valence-electron chi connectivity index (χ3n) is 4.96. The van der Waals surface area contributed by atoms with Crippen molar-refractivity contribution < 1.29 is 5.11 Å². The van der Waals surface area contributed by atoms with E-state index in [1.807, 2.05) is 43.5 Å². The molecule has 0 aliphatic heterocycles. The Morgan fingerprint density at radius 1 is 1.00 bits per heavy atom. The number of nitrogens with zero attached hydrogens (tertiary/aromatic N) is 2. The Bertz CT molecular complexity index is 1120. The van der Waals surface area contributed by atoms with Crippen LogP contribution in [0.3, 0.4) is 0 Å². The van der Waals surface area contributed by atoms with Crippen LogP contribution in [-0.4, -0.2) is 26.6 Å². The fourth-order valence-electron chi connectivity index (χ4n) is 3.41. The molecule has 29 heavy (non-hydrogen) atoms. The highest BCUT2D eigenvalue weighted by atomic mass is 16.3. The van der Waals surface area contributed by atoms with Crippen molar-refractivity contribution in [2.24, 2.45) is 0 Å². The molecule has 0 bridgehead atoms. The number of phenols is 1. The maximum atomic E-state index is 10.4. The van der Waals surface area contributed by atoms with Crippen LogP contribution >= 0.6 is 0 Å². The smallest absolute Gasteiger partial charge is 0.127 e. The maximum Gasteiger partial charge on any atom is 0.127 e. The molecule has 5 heteroatoms. The molecule has 4 aromatic rings. The molecule has 0 spiro atoms. The maximum absolute atomic E-state index is 10.4. The van der Waals surface area contributed by atoms with Crippen molar-refractivity contribution in [3.8, 4) is 28.1 Å². The second kappa shape index (κ2) is 8.19. The van der Waals surface area contributed by atoms with E-state index >= 15 is 0 Å². The first-order chi connectivity index (χ1) is 14.1. The van der Waals surface area contributed by atoms with Crippen LogP contribution in [0.5, 0.6) is 5.75 Å². The minimum Gasteiger partial charge on any atom is -0.507 e. The molecule has 0 aliphatic rings. The normalized spacial score (nSPS) is 10.8. The topological polar surface area (TPSA) is 73.8 Å². The Morgan fingerprint density at radius 2 is 1.86 bits per heavy atom. The van der Waals surface area contributed by atoms with Crippen molar-refractivity contribution in [2.75, 3.05) is 11.9 Å². The van der Waals surface area contributed by atoms with E-state index in [4.69, 9.17) is 4.98 Å². The average Bonchev–Trinajstić information content (AvgIpc) is 3.23. The Hall–Kier alpha value is -3.60. The van der Waals surface area contributed by atoms with Crippen LogP contribution in [0.25, 0.3) is 22.4 Å². The van der Waals surface area contributed by atoms with Gasteiger partial charge in [-0.2, -0.15) is 0 Å². The summed E-state index contributed by atoms with van der Waals surface area (Å²) in [5.41, 5.74) is 7.05. The molecular formula is C24H24N4O. The summed E-state index contributed by atoms with van der Waals surface area (Å²) in [6.45, 7) is 4.84. The molecule has 146 valence electrons. The second-order valence-corrected chi connectivity index (χ2v) is 7.22. The lowest BCUT2D eigenvalue weighted by Crippen LogP contribution is -2.07. The Morgan fingerprint density at radius 3 is 2.66 bits per heavy atom. The summed E-state index contributed by atoms with van der Waals surface area (Å²) in [5.74, 6) is 1.01. The van der Waals surface area contributed by atoms with Gasteiger partial charge in [0.1, 0.15) is 11.6 Å². The molecule has 2 aromatic heterocycles. The number of nitrogens with one attached hydrogen (secondary N) is 2. The molecular weight excluding hydrogens is 360 g/mol. The zero-order valence-electron chi connectivity index (χ0n) is 16.6. The SMILES string of the molecule is Cc1ccc(O)c(-c2cc(-c3ccccc3C)cc(NCCc3cnc[nH]3)n2)c1. The highest BCUT2D eigenvalue weighted by Crippen LogP contribution is 2.34. The molecule has 2 aromatic carbocycles. The summed E-state index contributed by atoms with van der Waals surface area (Å²) in [5, 5.41) is 13.8. The standard InChI is InChI=1S/C24H24N4O/c1-16-7-8-23(29)21(11-16)22-12-18(20-6-4-3-5-17(20)2)13-24(28-22)26-10-9-19-14-25-15-27-19/h3-8,11-15,29H,9-10H2,1-2H3,(H,25,27)(H,26,28). The number of aromatic amines is 1. The molecule has 2 heterocycles. The number of H-pyrrole nitrogens is 1. The summed E-state index contributed by atoms with van der Waals surface area (Å²) in [6.07, 6.45) is 4.33. The quantitative estimate of drug-likeness (QED) is 0.432. The molecule has 0 unspecified atom stereocenters. The monoisotopic (exact) mass is 384 g/mol. The van der Waals surface area contributed by atoms with Gasteiger partial charge >= 0.3 is 0 Å². The summed E-state index contributed by atoms with van der Waals surface area (Å²) in [7, 11) is 0. The number of aromatic nitrogens is 3. The van der Waals surface area contributed by atoms with Crippen LogP contribution in [0.1, 0.15) is 16.8 Å². The molecule has 0 fully saturated rings. The van der Waals surface area contributed by atoms with Crippen LogP contribution in [0.2, 0.25) is 0 Å². The van der Waals surface area contributed by atoms with E-state index in [-0.39, 0.29) is 5.75 Å². The lowest BCUT2D eigenvalue weighted by atomic mass is 9.98. The summed E-state index contributed by atoms with van der Waals surface area (Å²) < 4.78 is 0. The first-order valence-corrected chi connectivity index (χ1v) is 9.69. The molecule has 0 aliphatic carbocycles. The number of benzene rings is 2. The van der Waals surface area contributed by atoms with Gasteiger partial charge in [-0.3, -0.25) is 0 Å². The van der Waals surface area contributed by atoms with Gasteiger partial charge in [-0.05, 0) is 54.8 Å². The van der Waals surface area contributed by atoms with E-state index in [0.29, 0.717) is 0 Å². The van der Waals surface area contributed by atoms with E-state index in [2.05, 4.69) is 40.4 Å². The minimum atomic E-state index is 0.230. The van der Waals surface area contributed by atoms with Gasteiger partial charge in [0.15, 0.2) is 0 Å². The van der Waals surface area contributed by atoms with Gasteiger partial charge in [-0.1, -0.05) is 35.9 Å². The number of rotatable bonds is 6. The second-order valence-electron chi connectivity index (χ2n) is 7.22. The Labute approximate surface area is 170 Å². The highest BCUT2D eigenvalue weighted by molar-refractivity contribution is 5.77. The number of aromatic hydroxyl groups is 1. The van der Waals surface area contributed by atoms with Crippen LogP contribution in [0.15, 0.2) is 67.1 Å². The van der Waals surface area contributed by atoms with Crippen molar-refractivity contribution >= 4 is 5.82 Å². The van der Waals surface area contributed by atoms with Gasteiger partial charge in [-0.15, -0.1) is 0 Å². The van der Waals surface area contributed by atoms with Crippen molar-refractivity contribution in [2.45, 2.75) is 20.3 Å². The zero-order chi connectivity index (χ0) is 20.2. The third kappa shape index (κ3) is 4.29. The predicted molar refractivity (Wildman–Crippen MR) is 117 cm³/mol. The Balaban J connectivity index is 1.73. The van der Waals surface area contributed by atoms with E-state index in [1.54, 1.807) is 12.4 Å². The lowest BCUT2D eigenvalue weighted by molar-refractivity contribution is 0.477. The molecule has 0 amide bonds. The average molecular weight is 384 g/mol. The van der Waals surface area contributed by atoms with Crippen molar-refractivity contribution in [1.82, 2.24) is 15.0 Å². The van der Waals surface area contributed by atoms with Crippen LogP contribution in [-0.2, 0) is 6.42 Å². The van der Waals surface area contributed by atoms with Gasteiger partial charge < -0.3 is 15.4 Å². The number of aryl methyl sites for hydroxylation is 2. The lowest BCUT2D eigenvalue weighted by Gasteiger charge is -2.13. The summed E-state index contributed by atoms with van der Waals surface area (Å²) in [6, 6.07) is 18.0. The van der Waals surface area contributed by atoms with Crippen molar-refractivity contribution in [3.63, 3.8) is 0 Å². The molecule has 0 atom stereocenters. The fourth-order valence-corrected chi connectivity index (χ4v) is 3.41. The number of pyridine rings is 1. The van der Waals surface area contributed by atoms with Gasteiger partial charge in [0.25, 0.3) is 0 Å². The first-order valence-electron chi connectivity index (χ1n) is 9.69. The summed E-state index contributed by atoms with van der Waals surface area (Å²) in [4.78, 5) is 12.0. The van der Waals surface area contributed by atoms with Crippen molar-refractivity contribution in [1.29, 1.82) is 0 Å². The predicted octanol–water partition coefficient (Wildman–Crippen LogP) is 5.12. The number of hydrogen-bond donors (Lipinski definition) is 3. The van der Waals surface area contributed by atoms with E-state index < -0.39 is 0 Å². The molecule has 5 nitrogen and oxygen atoms in total. The number of hydrogen-bond acceptors (Lipinski definition) is 4. The summed E-state index contributed by atoms with van der Waals surface area (Å²) >= 11 is 0. The number of imidazole rings is 1. The number of phenolic OH excluding ortho intramolecular Hbond substituents is 1. The minimum absolute atomic E-state index is 0.230. The highest BCUT2D eigenvalue weighted by Gasteiger charge is 2.12. The van der Waals surface area contributed by atoms with Gasteiger partial charge in [-0.25, -0.2) is 9.97 Å².